The van der Waals surface area contributed by atoms with Crippen molar-refractivity contribution in [1.82, 2.24) is 0 Å². The molecular formula is C16H13BrN2O2. The molecule has 21 heavy (non-hydrogen) atoms. The first-order chi connectivity index (χ1) is 10.1. The van der Waals surface area contributed by atoms with Crippen molar-refractivity contribution < 1.29 is 9.59 Å². The summed E-state index contributed by atoms with van der Waals surface area (Å²) in [7, 11) is 0. The van der Waals surface area contributed by atoms with Crippen molar-refractivity contribution in [3.8, 4) is 0 Å². The van der Waals surface area contributed by atoms with Crippen LogP contribution in [0.3, 0.4) is 0 Å². The van der Waals surface area contributed by atoms with E-state index in [1.165, 1.54) is 0 Å². The summed E-state index contributed by atoms with van der Waals surface area (Å²) in [6.45, 7) is 0. The van der Waals surface area contributed by atoms with Gasteiger partial charge in [0.25, 0.3) is 0 Å². The maximum absolute atomic E-state index is 12.2. The molecule has 0 radical (unpaired) electrons. The summed E-state index contributed by atoms with van der Waals surface area (Å²) >= 11 is 3.33. The summed E-state index contributed by atoms with van der Waals surface area (Å²) in [6, 6.07) is 14.0. The van der Waals surface area contributed by atoms with Gasteiger partial charge in [0.2, 0.25) is 5.91 Å². The number of hydrogen-bond donors (Lipinski definition) is 2. The van der Waals surface area contributed by atoms with Gasteiger partial charge in [-0.3, -0.25) is 9.59 Å². The lowest BCUT2D eigenvalue weighted by Crippen LogP contribution is -2.40. The average molecular weight is 345 g/mol. The van der Waals surface area contributed by atoms with Crippen LogP contribution in [0.15, 0.2) is 53.0 Å². The lowest BCUT2D eigenvalue weighted by atomic mass is 10.0. The molecule has 0 spiro atoms. The van der Waals surface area contributed by atoms with E-state index in [1.54, 1.807) is 12.1 Å². The van der Waals surface area contributed by atoms with E-state index in [0.717, 1.165) is 15.8 Å². The molecule has 4 nitrogen and oxygen atoms in total. The van der Waals surface area contributed by atoms with E-state index >= 15 is 0 Å². The summed E-state index contributed by atoms with van der Waals surface area (Å²) in [6.07, 6.45) is 0.127. The van der Waals surface area contributed by atoms with Crippen LogP contribution in [-0.2, 0) is 4.79 Å². The molecule has 2 aromatic carbocycles. The van der Waals surface area contributed by atoms with Gasteiger partial charge in [0, 0.05) is 16.5 Å². The van der Waals surface area contributed by atoms with E-state index < -0.39 is 6.04 Å². The van der Waals surface area contributed by atoms with E-state index in [-0.39, 0.29) is 18.1 Å². The molecule has 3 rings (SSSR count). The number of para-hydroxylation sites is 2. The molecule has 1 heterocycles. The zero-order chi connectivity index (χ0) is 14.8. The molecular weight excluding hydrogens is 332 g/mol. The average Bonchev–Trinajstić information content (AvgIpc) is 2.48. The van der Waals surface area contributed by atoms with Crippen LogP contribution in [0.4, 0.5) is 11.4 Å². The summed E-state index contributed by atoms with van der Waals surface area (Å²) in [5.41, 5.74) is 2.19. The van der Waals surface area contributed by atoms with Crippen molar-refractivity contribution in [2.75, 3.05) is 10.6 Å². The summed E-state index contributed by atoms with van der Waals surface area (Å²) < 4.78 is 0.918. The lowest BCUT2D eigenvalue weighted by Gasteiger charge is -2.26. The van der Waals surface area contributed by atoms with Gasteiger partial charge in [0.15, 0.2) is 5.78 Å². The van der Waals surface area contributed by atoms with Crippen LogP contribution in [0.25, 0.3) is 0 Å². The minimum Gasteiger partial charge on any atom is -0.372 e. The highest BCUT2D eigenvalue weighted by molar-refractivity contribution is 9.10. The van der Waals surface area contributed by atoms with Crippen LogP contribution in [0.2, 0.25) is 0 Å². The Morgan fingerprint density at radius 1 is 1.05 bits per heavy atom. The number of anilines is 2. The highest BCUT2D eigenvalue weighted by atomic mass is 79.9. The van der Waals surface area contributed by atoms with Crippen molar-refractivity contribution in [2.24, 2.45) is 0 Å². The van der Waals surface area contributed by atoms with Crippen molar-refractivity contribution in [1.29, 1.82) is 0 Å². The molecule has 1 atom stereocenters. The zero-order valence-corrected chi connectivity index (χ0v) is 12.7. The van der Waals surface area contributed by atoms with E-state index in [2.05, 4.69) is 26.6 Å². The standard InChI is InChI=1S/C16H13BrN2O2/c17-11-7-5-10(6-8-11)15(20)9-14-16(21)19-13-4-2-1-3-12(13)18-14/h1-8,14,18H,9H2,(H,19,21)/t14-/m1/s1. The molecule has 5 heteroatoms. The molecule has 0 bridgehead atoms. The molecule has 2 aromatic rings. The number of benzene rings is 2. The normalized spacial score (nSPS) is 16.6. The van der Waals surface area contributed by atoms with Crippen molar-refractivity contribution in [3.63, 3.8) is 0 Å². The number of nitrogens with one attached hydrogen (secondary N) is 2. The molecule has 0 aromatic heterocycles. The number of rotatable bonds is 3. The van der Waals surface area contributed by atoms with Crippen LogP contribution >= 0.6 is 15.9 Å². The zero-order valence-electron chi connectivity index (χ0n) is 11.1. The number of amides is 1. The van der Waals surface area contributed by atoms with Gasteiger partial charge in [0.1, 0.15) is 6.04 Å². The fourth-order valence-corrected chi connectivity index (χ4v) is 2.54. The van der Waals surface area contributed by atoms with Gasteiger partial charge < -0.3 is 10.6 Å². The predicted molar refractivity (Wildman–Crippen MR) is 85.6 cm³/mol. The van der Waals surface area contributed by atoms with Gasteiger partial charge in [0.05, 0.1) is 11.4 Å². The second kappa shape index (κ2) is 5.69. The number of hydrogen-bond acceptors (Lipinski definition) is 3. The van der Waals surface area contributed by atoms with Gasteiger partial charge in [-0.2, -0.15) is 0 Å². The SMILES string of the molecule is O=C(C[C@H]1Nc2ccccc2NC1=O)c1ccc(Br)cc1. The summed E-state index contributed by atoms with van der Waals surface area (Å²) in [4.78, 5) is 24.3. The Kier molecular flexibility index (Phi) is 3.75. The lowest BCUT2D eigenvalue weighted by molar-refractivity contribution is -0.117. The monoisotopic (exact) mass is 344 g/mol. The van der Waals surface area contributed by atoms with Gasteiger partial charge in [-0.1, -0.05) is 40.2 Å². The summed E-state index contributed by atoms with van der Waals surface area (Å²) in [5, 5.41) is 5.93. The molecule has 1 aliphatic heterocycles. The maximum Gasteiger partial charge on any atom is 0.247 e. The number of Topliss-reactive ketones (excluding diaryl/α,β-unsaturated/α-hetero) is 1. The van der Waals surface area contributed by atoms with E-state index in [1.807, 2.05) is 36.4 Å². The van der Waals surface area contributed by atoms with Gasteiger partial charge in [-0.15, -0.1) is 0 Å². The first-order valence-electron chi connectivity index (χ1n) is 6.59. The van der Waals surface area contributed by atoms with Gasteiger partial charge in [-0.25, -0.2) is 0 Å². The highest BCUT2D eigenvalue weighted by Crippen LogP contribution is 2.27. The molecule has 0 saturated heterocycles. The fourth-order valence-electron chi connectivity index (χ4n) is 2.27. The quantitative estimate of drug-likeness (QED) is 0.838. The van der Waals surface area contributed by atoms with E-state index in [0.29, 0.717) is 5.56 Å². The van der Waals surface area contributed by atoms with Crippen molar-refractivity contribution in [3.05, 3.63) is 58.6 Å². The van der Waals surface area contributed by atoms with Crippen LogP contribution in [-0.4, -0.2) is 17.7 Å². The van der Waals surface area contributed by atoms with Crippen molar-refractivity contribution in [2.45, 2.75) is 12.5 Å². The summed E-state index contributed by atoms with van der Waals surface area (Å²) in [5.74, 6) is -0.242. The Labute approximate surface area is 130 Å². The van der Waals surface area contributed by atoms with Crippen LogP contribution in [0.1, 0.15) is 16.8 Å². The third-order valence-corrected chi connectivity index (χ3v) is 3.92. The molecule has 0 aliphatic carbocycles. The minimum atomic E-state index is -0.545. The van der Waals surface area contributed by atoms with Gasteiger partial charge in [-0.05, 0) is 24.3 Å². The molecule has 0 unspecified atom stereocenters. The Hall–Kier alpha value is -2.14. The topological polar surface area (TPSA) is 58.2 Å². The van der Waals surface area contributed by atoms with Gasteiger partial charge >= 0.3 is 0 Å². The Bertz CT molecular complexity index is 698. The molecule has 0 saturated carbocycles. The molecule has 0 fully saturated rings. The third kappa shape index (κ3) is 2.97. The molecule has 2 N–H and O–H groups in total. The number of ketones is 1. The predicted octanol–water partition coefficient (Wildman–Crippen LogP) is 3.45. The maximum atomic E-state index is 12.2. The Morgan fingerprint density at radius 3 is 2.43 bits per heavy atom. The molecule has 1 amide bonds. The highest BCUT2D eigenvalue weighted by Gasteiger charge is 2.27. The smallest absolute Gasteiger partial charge is 0.247 e. The first-order valence-corrected chi connectivity index (χ1v) is 7.38. The van der Waals surface area contributed by atoms with E-state index in [4.69, 9.17) is 0 Å². The first kappa shape index (κ1) is 13.8. The van der Waals surface area contributed by atoms with Crippen LogP contribution in [0, 0.1) is 0 Å². The Balaban J connectivity index is 1.75. The number of fused-ring (bicyclic) bond motifs is 1. The van der Waals surface area contributed by atoms with Crippen LogP contribution in [0.5, 0.6) is 0 Å². The second-order valence-corrected chi connectivity index (χ2v) is 5.78. The second-order valence-electron chi connectivity index (χ2n) is 4.87. The Morgan fingerprint density at radius 2 is 1.71 bits per heavy atom. The molecule has 106 valence electrons. The number of carbonyl (C=O) groups excluding carboxylic acids is 2. The van der Waals surface area contributed by atoms with E-state index in [9.17, 15) is 9.59 Å². The number of carbonyl (C=O) groups is 2. The van der Waals surface area contributed by atoms with Crippen molar-refractivity contribution >= 4 is 39.0 Å². The fraction of sp³-hybridized carbons (Fsp3) is 0.125. The minimum absolute atomic E-state index is 0.0606. The number of halogens is 1. The molecule has 1 aliphatic rings. The van der Waals surface area contributed by atoms with Crippen LogP contribution < -0.4 is 10.6 Å². The third-order valence-electron chi connectivity index (χ3n) is 3.39. The largest absolute Gasteiger partial charge is 0.372 e.